The van der Waals surface area contributed by atoms with E-state index in [2.05, 4.69) is 207 Å². The maximum atomic E-state index is 5.47. The van der Waals surface area contributed by atoms with Crippen molar-refractivity contribution in [3.63, 3.8) is 0 Å². The van der Waals surface area contributed by atoms with Gasteiger partial charge in [0.05, 0.1) is 17.1 Å². The normalized spacial score (nSPS) is 18.1. The molecule has 3 heterocycles. The number of anilines is 2. The Morgan fingerprint density at radius 3 is 1.79 bits per heavy atom. The molecule has 0 spiro atoms. The number of allylic oxidation sites excluding steroid dienone is 2. The van der Waals surface area contributed by atoms with Crippen LogP contribution in [0, 0.1) is 0 Å². The van der Waals surface area contributed by atoms with Crippen LogP contribution in [0.1, 0.15) is 61.4 Å². The zero-order chi connectivity index (χ0) is 41.5. The summed E-state index contributed by atoms with van der Waals surface area (Å²) in [7, 11) is 0. The molecular formula is C57H43N5. The molecule has 2 aromatic heterocycles. The van der Waals surface area contributed by atoms with Gasteiger partial charge in [0, 0.05) is 50.0 Å². The van der Waals surface area contributed by atoms with Crippen molar-refractivity contribution < 1.29 is 0 Å². The summed E-state index contributed by atoms with van der Waals surface area (Å²) in [6, 6.07) is 55.4. The molecule has 2 atom stereocenters. The summed E-state index contributed by atoms with van der Waals surface area (Å²) in [6.45, 7) is 9.41. The summed E-state index contributed by atoms with van der Waals surface area (Å²) in [4.78, 5) is 18.5. The summed E-state index contributed by atoms with van der Waals surface area (Å²) >= 11 is 0. The Morgan fingerprint density at radius 1 is 0.468 bits per heavy atom. The van der Waals surface area contributed by atoms with Crippen LogP contribution in [0.4, 0.5) is 11.6 Å². The number of para-hydroxylation sites is 1. The minimum Gasteiger partial charge on any atom is -0.309 e. The van der Waals surface area contributed by atoms with Crippen LogP contribution in [0.25, 0.3) is 72.5 Å². The van der Waals surface area contributed by atoms with Gasteiger partial charge in [0.25, 0.3) is 0 Å². The van der Waals surface area contributed by atoms with Gasteiger partial charge in [-0.25, -0.2) is 4.98 Å². The van der Waals surface area contributed by atoms with Crippen LogP contribution in [-0.4, -0.2) is 25.6 Å². The Labute approximate surface area is 361 Å². The van der Waals surface area contributed by atoms with E-state index >= 15 is 0 Å². The molecule has 0 bridgehead atoms. The van der Waals surface area contributed by atoms with Gasteiger partial charge >= 0.3 is 0 Å². The third-order valence-electron chi connectivity index (χ3n) is 14.4. The molecule has 5 nitrogen and oxygen atoms in total. The second kappa shape index (κ2) is 12.6. The van der Waals surface area contributed by atoms with Crippen molar-refractivity contribution in [1.29, 1.82) is 0 Å². The third kappa shape index (κ3) is 4.82. The van der Waals surface area contributed by atoms with E-state index in [1.54, 1.807) is 0 Å². The van der Waals surface area contributed by atoms with Crippen molar-refractivity contribution in [2.75, 3.05) is 4.90 Å². The van der Waals surface area contributed by atoms with Gasteiger partial charge in [-0.3, -0.25) is 0 Å². The molecule has 0 saturated heterocycles. The Hall–Kier alpha value is -7.37. The lowest BCUT2D eigenvalue weighted by molar-refractivity contribution is 0.660. The largest absolute Gasteiger partial charge is 0.309 e. The van der Waals surface area contributed by atoms with Gasteiger partial charge in [-0.05, 0) is 105 Å². The number of aromatic nitrogens is 4. The third-order valence-corrected chi connectivity index (χ3v) is 14.4. The molecule has 4 aliphatic rings. The monoisotopic (exact) mass is 797 g/mol. The molecule has 1 aliphatic heterocycles. The highest BCUT2D eigenvalue weighted by Crippen LogP contribution is 2.56. The number of hydrogen-bond acceptors (Lipinski definition) is 4. The molecular weight excluding hydrogens is 755 g/mol. The molecule has 62 heavy (non-hydrogen) atoms. The first-order valence-electron chi connectivity index (χ1n) is 21.8. The topological polar surface area (TPSA) is 46.8 Å². The van der Waals surface area contributed by atoms with E-state index in [4.69, 9.17) is 15.0 Å². The smallest absolute Gasteiger partial charge is 0.234 e. The van der Waals surface area contributed by atoms with Gasteiger partial charge in [-0.1, -0.05) is 149 Å². The fourth-order valence-corrected chi connectivity index (χ4v) is 11.3. The van der Waals surface area contributed by atoms with Gasteiger partial charge in [0.15, 0.2) is 11.6 Å². The molecule has 3 aliphatic carbocycles. The van der Waals surface area contributed by atoms with E-state index in [1.807, 2.05) is 6.07 Å². The summed E-state index contributed by atoms with van der Waals surface area (Å²) in [5.41, 5.74) is 18.3. The summed E-state index contributed by atoms with van der Waals surface area (Å²) < 4.78 is 2.42. The van der Waals surface area contributed by atoms with Crippen molar-refractivity contribution in [2.45, 2.75) is 50.5 Å². The maximum Gasteiger partial charge on any atom is 0.234 e. The van der Waals surface area contributed by atoms with E-state index < -0.39 is 0 Å². The molecule has 0 fully saturated rings. The van der Waals surface area contributed by atoms with Crippen molar-refractivity contribution in [3.8, 4) is 50.7 Å². The second-order valence-electron chi connectivity index (χ2n) is 18.4. The van der Waals surface area contributed by atoms with E-state index in [-0.39, 0.29) is 22.8 Å². The molecule has 0 amide bonds. The van der Waals surface area contributed by atoms with Gasteiger partial charge in [0.1, 0.15) is 0 Å². The lowest BCUT2D eigenvalue weighted by Crippen LogP contribution is -2.30. The average molecular weight is 798 g/mol. The van der Waals surface area contributed by atoms with Crippen LogP contribution >= 0.6 is 0 Å². The molecule has 0 saturated carbocycles. The lowest BCUT2D eigenvalue weighted by Gasteiger charge is -2.28. The van der Waals surface area contributed by atoms with E-state index in [1.165, 1.54) is 66.4 Å². The Kier molecular flexibility index (Phi) is 7.19. The number of hydrogen-bond donors (Lipinski definition) is 0. The molecule has 2 unspecified atom stereocenters. The number of nitrogens with zero attached hydrogens (tertiary/aromatic N) is 5. The zero-order valence-electron chi connectivity index (χ0n) is 35.1. The van der Waals surface area contributed by atoms with E-state index in [0.29, 0.717) is 17.6 Å². The minimum atomic E-state index is -0.141. The average Bonchev–Trinajstić information content (AvgIpc) is 3.96. The summed E-state index contributed by atoms with van der Waals surface area (Å²) in [6.07, 6.45) is 9.00. The Balaban J connectivity index is 1.04. The number of benzene rings is 7. The highest BCUT2D eigenvalue weighted by atomic mass is 15.3. The Bertz CT molecular complexity index is 3430. The summed E-state index contributed by atoms with van der Waals surface area (Å²) in [5.74, 6) is 2.12. The van der Waals surface area contributed by atoms with Crippen LogP contribution in [0.3, 0.4) is 0 Å². The van der Waals surface area contributed by atoms with Crippen molar-refractivity contribution in [2.24, 2.45) is 0 Å². The molecule has 5 heteroatoms. The molecule has 0 N–H and O–H groups in total. The van der Waals surface area contributed by atoms with Crippen LogP contribution in [0.5, 0.6) is 0 Å². The van der Waals surface area contributed by atoms with E-state index in [0.717, 1.165) is 28.0 Å². The minimum absolute atomic E-state index is 0.0234. The quantitative estimate of drug-likeness (QED) is 0.178. The first-order valence-corrected chi connectivity index (χ1v) is 21.8. The van der Waals surface area contributed by atoms with Gasteiger partial charge in [0.2, 0.25) is 5.95 Å². The predicted molar refractivity (Wildman–Crippen MR) is 254 cm³/mol. The molecule has 7 aromatic carbocycles. The van der Waals surface area contributed by atoms with Gasteiger partial charge in [-0.2, -0.15) is 9.97 Å². The molecule has 9 aromatic rings. The van der Waals surface area contributed by atoms with Crippen molar-refractivity contribution >= 4 is 33.4 Å². The predicted octanol–water partition coefficient (Wildman–Crippen LogP) is 13.6. The first kappa shape index (κ1) is 35.4. The van der Waals surface area contributed by atoms with Crippen molar-refractivity contribution in [3.05, 3.63) is 204 Å². The van der Waals surface area contributed by atoms with Crippen molar-refractivity contribution in [1.82, 2.24) is 19.5 Å². The van der Waals surface area contributed by atoms with Crippen LogP contribution < -0.4 is 4.90 Å². The SMILES string of the molecule is CC1(C)c2ccccc2-c2cc3c(cc21)N(c1nc(-c2ccccc2)nc(-c2ccc4c(c2)c2cc5c(cc2n4-c2ccccc2)C(C)(C)c2ccccc2-5)n1)C1C=CC=CC31. The zero-order valence-corrected chi connectivity index (χ0v) is 35.1. The standard InChI is InChI=1S/C57H43N5/c1-56(2)46-25-15-12-22-38(46)41-31-44-42-29-35(27-28-50(42)61(51(44)32-47(41)56)36-19-9-6-10-20-36)54-58-53(34-17-7-5-8-18-34)59-55(60-54)62-49-26-16-13-23-39(49)43-30-40-37-21-11-14-24-45(37)57(3,4)48(40)33-52(43)62/h5-33,39,49H,1-4H3. The Morgan fingerprint density at radius 2 is 1.06 bits per heavy atom. The maximum absolute atomic E-state index is 5.47. The van der Waals surface area contributed by atoms with E-state index in [9.17, 15) is 0 Å². The van der Waals surface area contributed by atoms with Crippen LogP contribution in [0.2, 0.25) is 0 Å². The number of fused-ring (bicyclic) bond motifs is 12. The van der Waals surface area contributed by atoms with Crippen LogP contribution in [0.15, 0.2) is 176 Å². The fourth-order valence-electron chi connectivity index (χ4n) is 11.3. The fraction of sp³-hybridized carbons (Fsp3) is 0.140. The highest BCUT2D eigenvalue weighted by Gasteiger charge is 2.44. The first-order chi connectivity index (χ1) is 30.3. The molecule has 0 radical (unpaired) electrons. The molecule has 296 valence electrons. The van der Waals surface area contributed by atoms with Gasteiger partial charge < -0.3 is 9.47 Å². The number of rotatable bonds is 4. The highest BCUT2D eigenvalue weighted by molar-refractivity contribution is 6.12. The second-order valence-corrected chi connectivity index (χ2v) is 18.4. The summed E-state index contributed by atoms with van der Waals surface area (Å²) in [5, 5.41) is 2.38. The molecule has 13 rings (SSSR count). The van der Waals surface area contributed by atoms with Crippen LogP contribution in [-0.2, 0) is 10.8 Å². The van der Waals surface area contributed by atoms with Gasteiger partial charge in [-0.15, -0.1) is 0 Å². The lowest BCUT2D eigenvalue weighted by atomic mass is 9.81.